The van der Waals surface area contributed by atoms with E-state index in [1.165, 1.54) is 29.0 Å². The maximum absolute atomic E-state index is 15.0. The molecule has 2 saturated heterocycles. The van der Waals surface area contributed by atoms with E-state index in [2.05, 4.69) is 4.72 Å². The molecule has 2 heterocycles. The van der Waals surface area contributed by atoms with E-state index in [-0.39, 0.29) is 18.1 Å². The SMILES string of the molecule is CCSN[C@@H]1[C@H](Cc2cccc(-c3cccc(F)c3)c2)N(C(=O)[C@H]2CCCO2)CC1(F)F. The van der Waals surface area contributed by atoms with Gasteiger partial charge in [-0.1, -0.05) is 55.3 Å². The molecule has 2 aromatic carbocycles. The third-order valence-electron chi connectivity index (χ3n) is 5.99. The van der Waals surface area contributed by atoms with Gasteiger partial charge in [-0.25, -0.2) is 13.2 Å². The lowest BCUT2D eigenvalue weighted by Gasteiger charge is -2.29. The van der Waals surface area contributed by atoms with Crippen molar-refractivity contribution in [2.45, 2.75) is 50.3 Å². The molecule has 0 radical (unpaired) electrons. The van der Waals surface area contributed by atoms with Gasteiger partial charge in [0, 0.05) is 12.4 Å². The van der Waals surface area contributed by atoms with Crippen LogP contribution in [-0.4, -0.2) is 53.8 Å². The molecule has 2 aromatic rings. The third kappa shape index (κ3) is 4.97. The Morgan fingerprint density at radius 1 is 1.22 bits per heavy atom. The van der Waals surface area contributed by atoms with Crippen molar-refractivity contribution in [1.29, 1.82) is 0 Å². The number of ether oxygens (including phenoxy) is 1. The smallest absolute Gasteiger partial charge is 0.283 e. The summed E-state index contributed by atoms with van der Waals surface area (Å²) in [6, 6.07) is 11.8. The maximum Gasteiger partial charge on any atom is 0.283 e. The molecule has 4 nitrogen and oxygen atoms in total. The molecule has 0 bridgehead atoms. The molecule has 2 aliphatic heterocycles. The second kappa shape index (κ2) is 9.85. The molecule has 2 fully saturated rings. The van der Waals surface area contributed by atoms with Gasteiger partial charge < -0.3 is 9.64 Å². The van der Waals surface area contributed by atoms with Crippen molar-refractivity contribution >= 4 is 17.9 Å². The Balaban J connectivity index is 1.62. The highest BCUT2D eigenvalue weighted by Gasteiger charge is 2.56. The second-order valence-electron chi connectivity index (χ2n) is 8.24. The standard InChI is InChI=1S/C24H27F3N2O2S/c1-2-32-28-22-20(29(15-24(22,26)27)23(30)21-10-5-11-31-21)13-16-6-3-7-17(12-16)18-8-4-9-19(25)14-18/h3-4,6-9,12,14,20-22,28H,2,5,10-11,13,15H2,1H3/t20-,21+,22+/m0/s1. The normalized spacial score (nSPS) is 24.8. The molecule has 0 aromatic heterocycles. The zero-order valence-electron chi connectivity index (χ0n) is 17.9. The zero-order chi connectivity index (χ0) is 22.7. The third-order valence-corrected chi connectivity index (χ3v) is 6.70. The van der Waals surface area contributed by atoms with Gasteiger partial charge >= 0.3 is 0 Å². The molecule has 0 saturated carbocycles. The summed E-state index contributed by atoms with van der Waals surface area (Å²) >= 11 is 1.23. The Morgan fingerprint density at radius 3 is 2.66 bits per heavy atom. The van der Waals surface area contributed by atoms with Crippen molar-refractivity contribution in [2.24, 2.45) is 0 Å². The summed E-state index contributed by atoms with van der Waals surface area (Å²) < 4.78 is 52.1. The molecule has 172 valence electrons. The molecular weight excluding hydrogens is 437 g/mol. The van der Waals surface area contributed by atoms with Gasteiger partial charge in [-0.2, -0.15) is 0 Å². The first kappa shape index (κ1) is 23.1. The van der Waals surface area contributed by atoms with Crippen molar-refractivity contribution in [2.75, 3.05) is 18.9 Å². The summed E-state index contributed by atoms with van der Waals surface area (Å²) in [7, 11) is 0. The van der Waals surface area contributed by atoms with Crippen LogP contribution in [0, 0.1) is 5.82 Å². The number of rotatable bonds is 7. The van der Waals surface area contributed by atoms with Gasteiger partial charge in [0.2, 0.25) is 0 Å². The molecule has 32 heavy (non-hydrogen) atoms. The topological polar surface area (TPSA) is 41.6 Å². The molecule has 8 heteroatoms. The molecular formula is C24H27F3N2O2S. The molecule has 0 aliphatic carbocycles. The van der Waals surface area contributed by atoms with Crippen LogP contribution in [0.4, 0.5) is 13.2 Å². The highest BCUT2D eigenvalue weighted by Crippen LogP contribution is 2.37. The van der Waals surface area contributed by atoms with Crippen LogP contribution in [0.2, 0.25) is 0 Å². The first-order valence-electron chi connectivity index (χ1n) is 10.9. The van der Waals surface area contributed by atoms with Gasteiger partial charge in [0.15, 0.2) is 0 Å². The van der Waals surface area contributed by atoms with E-state index < -0.39 is 30.7 Å². The Bertz CT molecular complexity index is 952. The molecule has 2 aliphatic rings. The van der Waals surface area contributed by atoms with Gasteiger partial charge in [0.25, 0.3) is 11.8 Å². The Kier molecular flexibility index (Phi) is 7.12. The van der Waals surface area contributed by atoms with Crippen molar-refractivity contribution in [1.82, 2.24) is 9.62 Å². The number of hydrogen-bond acceptors (Lipinski definition) is 4. The highest BCUT2D eigenvalue weighted by molar-refractivity contribution is 7.97. The summed E-state index contributed by atoms with van der Waals surface area (Å²) in [4.78, 5) is 14.4. The number of likely N-dealkylation sites (tertiary alicyclic amines) is 1. The number of hydrogen-bond donors (Lipinski definition) is 1. The van der Waals surface area contributed by atoms with Crippen LogP contribution in [0.15, 0.2) is 48.5 Å². The van der Waals surface area contributed by atoms with Gasteiger partial charge in [-0.05, 0) is 48.1 Å². The fraction of sp³-hybridized carbons (Fsp3) is 0.458. The average Bonchev–Trinajstić information content (AvgIpc) is 3.39. The molecule has 1 amide bonds. The summed E-state index contributed by atoms with van der Waals surface area (Å²) in [6.07, 6.45) is 0.933. The van der Waals surface area contributed by atoms with Crippen LogP contribution >= 0.6 is 11.9 Å². The van der Waals surface area contributed by atoms with Crippen LogP contribution in [0.1, 0.15) is 25.3 Å². The zero-order valence-corrected chi connectivity index (χ0v) is 18.7. The number of carbonyl (C=O) groups excluding carboxylic acids is 1. The molecule has 0 spiro atoms. The maximum atomic E-state index is 15.0. The number of halogens is 3. The van der Waals surface area contributed by atoms with E-state index in [9.17, 15) is 9.18 Å². The monoisotopic (exact) mass is 464 g/mol. The van der Waals surface area contributed by atoms with E-state index in [1.54, 1.807) is 12.1 Å². The van der Waals surface area contributed by atoms with E-state index in [0.717, 1.165) is 17.5 Å². The van der Waals surface area contributed by atoms with Gasteiger partial charge in [0.05, 0.1) is 12.6 Å². The summed E-state index contributed by atoms with van der Waals surface area (Å²) in [5, 5.41) is 0. The first-order valence-corrected chi connectivity index (χ1v) is 11.9. The summed E-state index contributed by atoms with van der Waals surface area (Å²) in [5.41, 5.74) is 2.33. The first-order chi connectivity index (χ1) is 15.4. The number of carbonyl (C=O) groups is 1. The Hall–Kier alpha value is -2.03. The molecule has 3 atom stereocenters. The minimum atomic E-state index is -3.05. The predicted octanol–water partition coefficient (Wildman–Crippen LogP) is 4.69. The second-order valence-corrected chi connectivity index (χ2v) is 9.34. The van der Waals surface area contributed by atoms with Crippen LogP contribution in [0.25, 0.3) is 11.1 Å². The molecule has 4 rings (SSSR count). The number of amides is 1. The molecule has 1 N–H and O–H groups in total. The quantitative estimate of drug-likeness (QED) is 0.604. The van der Waals surface area contributed by atoms with Crippen molar-refractivity contribution in [3.63, 3.8) is 0 Å². The minimum Gasteiger partial charge on any atom is -0.368 e. The lowest BCUT2D eigenvalue weighted by molar-refractivity contribution is -0.143. The van der Waals surface area contributed by atoms with E-state index in [0.29, 0.717) is 24.3 Å². The van der Waals surface area contributed by atoms with Crippen molar-refractivity contribution < 1.29 is 22.7 Å². The highest BCUT2D eigenvalue weighted by atomic mass is 32.2. The fourth-order valence-electron chi connectivity index (χ4n) is 4.46. The van der Waals surface area contributed by atoms with Crippen LogP contribution in [0.5, 0.6) is 0 Å². The number of nitrogens with zero attached hydrogens (tertiary/aromatic N) is 1. The largest absolute Gasteiger partial charge is 0.368 e. The van der Waals surface area contributed by atoms with Crippen LogP contribution < -0.4 is 4.72 Å². The van der Waals surface area contributed by atoms with Crippen LogP contribution in [-0.2, 0) is 16.0 Å². The number of nitrogens with one attached hydrogen (secondary N) is 1. The van der Waals surface area contributed by atoms with E-state index in [4.69, 9.17) is 4.74 Å². The van der Waals surface area contributed by atoms with Crippen molar-refractivity contribution in [3.8, 4) is 11.1 Å². The lowest BCUT2D eigenvalue weighted by atomic mass is 9.96. The Labute approximate surface area is 190 Å². The summed E-state index contributed by atoms with van der Waals surface area (Å²) in [6.45, 7) is 1.74. The van der Waals surface area contributed by atoms with E-state index in [1.807, 2.05) is 31.2 Å². The predicted molar refractivity (Wildman–Crippen MR) is 120 cm³/mol. The van der Waals surface area contributed by atoms with E-state index >= 15 is 8.78 Å². The number of alkyl halides is 2. The van der Waals surface area contributed by atoms with Crippen molar-refractivity contribution in [3.05, 3.63) is 59.9 Å². The lowest BCUT2D eigenvalue weighted by Crippen LogP contribution is -2.49. The van der Waals surface area contributed by atoms with Gasteiger partial charge in [-0.3, -0.25) is 9.52 Å². The summed E-state index contributed by atoms with van der Waals surface area (Å²) in [5.74, 6) is -3.12. The number of benzene rings is 2. The Morgan fingerprint density at radius 2 is 1.97 bits per heavy atom. The minimum absolute atomic E-state index is 0.263. The molecule has 0 unspecified atom stereocenters. The van der Waals surface area contributed by atoms with Gasteiger partial charge in [0.1, 0.15) is 18.0 Å². The van der Waals surface area contributed by atoms with Crippen LogP contribution in [0.3, 0.4) is 0 Å². The fourth-order valence-corrected chi connectivity index (χ4v) is 5.13. The average molecular weight is 465 g/mol. The van der Waals surface area contributed by atoms with Gasteiger partial charge in [-0.15, -0.1) is 0 Å².